The first kappa shape index (κ1) is 16.0. The van der Waals surface area contributed by atoms with Gasteiger partial charge in [-0.25, -0.2) is 0 Å². The second-order valence-corrected chi connectivity index (χ2v) is 6.60. The highest BCUT2D eigenvalue weighted by atomic mass is 16.5. The van der Waals surface area contributed by atoms with Crippen LogP contribution in [0.2, 0.25) is 0 Å². The number of ether oxygens (including phenoxy) is 1. The van der Waals surface area contributed by atoms with Gasteiger partial charge in [0.1, 0.15) is 0 Å². The molecule has 1 saturated heterocycles. The van der Waals surface area contributed by atoms with Crippen molar-refractivity contribution in [1.29, 1.82) is 0 Å². The molecule has 5 heteroatoms. The minimum Gasteiger partial charge on any atom is -0.377 e. The molecule has 1 fully saturated rings. The van der Waals surface area contributed by atoms with Crippen LogP contribution in [0, 0.1) is 5.92 Å². The van der Waals surface area contributed by atoms with Crippen molar-refractivity contribution in [2.45, 2.75) is 45.7 Å². The maximum atomic E-state index is 12.3. The Bertz CT molecular complexity index is 625. The molecule has 5 nitrogen and oxygen atoms in total. The maximum absolute atomic E-state index is 12.3. The van der Waals surface area contributed by atoms with Crippen molar-refractivity contribution in [3.05, 3.63) is 29.3 Å². The summed E-state index contributed by atoms with van der Waals surface area (Å²) in [6.45, 7) is 7.08. The number of amides is 2. The van der Waals surface area contributed by atoms with Gasteiger partial charge >= 0.3 is 0 Å². The van der Waals surface area contributed by atoms with E-state index >= 15 is 0 Å². The lowest BCUT2D eigenvalue weighted by atomic mass is 9.84. The zero-order valence-corrected chi connectivity index (χ0v) is 14.0. The molecule has 1 N–H and O–H groups in total. The average molecular weight is 316 g/mol. The number of carbonyl (C=O) groups is 2. The van der Waals surface area contributed by atoms with Crippen LogP contribution in [0.5, 0.6) is 0 Å². The molecule has 2 atom stereocenters. The van der Waals surface area contributed by atoms with Crippen molar-refractivity contribution in [3.8, 4) is 0 Å². The lowest BCUT2D eigenvalue weighted by Gasteiger charge is -2.40. The van der Waals surface area contributed by atoms with Gasteiger partial charge in [-0.2, -0.15) is 0 Å². The van der Waals surface area contributed by atoms with E-state index in [2.05, 4.69) is 19.2 Å². The molecule has 124 valence electrons. The molecule has 1 aromatic carbocycles. The van der Waals surface area contributed by atoms with Gasteiger partial charge in [0.2, 0.25) is 5.91 Å². The van der Waals surface area contributed by atoms with E-state index in [9.17, 15) is 9.59 Å². The number of nitrogens with one attached hydrogen (secondary N) is 1. The van der Waals surface area contributed by atoms with E-state index in [4.69, 9.17) is 4.74 Å². The molecule has 2 amide bonds. The number of anilines is 1. The Labute approximate surface area is 137 Å². The molecule has 23 heavy (non-hydrogen) atoms. The SMILES string of the molecule is CC[C@H]1[C@H](C)Cc2cc(C(=O)NC3COC3)ccc2N1C(C)=O. The molecule has 0 saturated carbocycles. The summed E-state index contributed by atoms with van der Waals surface area (Å²) >= 11 is 0. The van der Waals surface area contributed by atoms with E-state index < -0.39 is 0 Å². The first-order valence-electron chi connectivity index (χ1n) is 8.32. The van der Waals surface area contributed by atoms with Crippen molar-refractivity contribution in [2.75, 3.05) is 18.1 Å². The van der Waals surface area contributed by atoms with Crippen molar-refractivity contribution in [3.63, 3.8) is 0 Å². The van der Waals surface area contributed by atoms with Crippen LogP contribution >= 0.6 is 0 Å². The Morgan fingerprint density at radius 2 is 2.09 bits per heavy atom. The number of rotatable bonds is 3. The van der Waals surface area contributed by atoms with Gasteiger partial charge in [0.15, 0.2) is 0 Å². The van der Waals surface area contributed by atoms with Crippen LogP contribution in [0.4, 0.5) is 5.69 Å². The number of carbonyl (C=O) groups excluding carboxylic acids is 2. The second-order valence-electron chi connectivity index (χ2n) is 6.60. The van der Waals surface area contributed by atoms with Gasteiger partial charge in [-0.15, -0.1) is 0 Å². The number of fused-ring (bicyclic) bond motifs is 1. The van der Waals surface area contributed by atoms with Crippen molar-refractivity contribution >= 4 is 17.5 Å². The van der Waals surface area contributed by atoms with Crippen molar-refractivity contribution in [2.24, 2.45) is 5.92 Å². The van der Waals surface area contributed by atoms with Gasteiger partial charge in [-0.3, -0.25) is 9.59 Å². The van der Waals surface area contributed by atoms with E-state index in [1.54, 1.807) is 6.92 Å². The van der Waals surface area contributed by atoms with Gasteiger partial charge in [0.25, 0.3) is 5.91 Å². The fourth-order valence-corrected chi connectivity index (χ4v) is 3.62. The Morgan fingerprint density at radius 1 is 1.35 bits per heavy atom. The van der Waals surface area contributed by atoms with Crippen LogP contribution in [0.3, 0.4) is 0 Å². The Kier molecular flexibility index (Phi) is 4.39. The predicted molar refractivity (Wildman–Crippen MR) is 88.6 cm³/mol. The van der Waals surface area contributed by atoms with Crippen LogP contribution in [-0.2, 0) is 16.0 Å². The van der Waals surface area contributed by atoms with E-state index in [-0.39, 0.29) is 23.9 Å². The predicted octanol–water partition coefficient (Wildman–Crippen LogP) is 2.14. The topological polar surface area (TPSA) is 58.6 Å². The normalized spacial score (nSPS) is 23.9. The average Bonchev–Trinajstić information content (AvgIpc) is 2.48. The van der Waals surface area contributed by atoms with Crippen LogP contribution in [0.15, 0.2) is 18.2 Å². The smallest absolute Gasteiger partial charge is 0.251 e. The van der Waals surface area contributed by atoms with E-state index in [0.717, 1.165) is 24.1 Å². The maximum Gasteiger partial charge on any atom is 0.251 e. The first-order chi connectivity index (χ1) is 11.0. The van der Waals surface area contributed by atoms with Gasteiger partial charge in [0, 0.05) is 24.2 Å². The lowest BCUT2D eigenvalue weighted by Crippen LogP contribution is -2.49. The first-order valence-corrected chi connectivity index (χ1v) is 8.32. The van der Waals surface area contributed by atoms with Crippen LogP contribution in [-0.4, -0.2) is 37.1 Å². The summed E-state index contributed by atoms with van der Waals surface area (Å²) in [6, 6.07) is 6.01. The Balaban J connectivity index is 1.88. The summed E-state index contributed by atoms with van der Waals surface area (Å²) < 4.78 is 5.08. The monoisotopic (exact) mass is 316 g/mol. The van der Waals surface area contributed by atoms with E-state index in [1.807, 2.05) is 23.1 Å². The van der Waals surface area contributed by atoms with Crippen molar-refractivity contribution in [1.82, 2.24) is 5.32 Å². The third-order valence-corrected chi connectivity index (χ3v) is 4.86. The van der Waals surface area contributed by atoms with Crippen LogP contribution in [0.1, 0.15) is 43.1 Å². The zero-order valence-electron chi connectivity index (χ0n) is 14.0. The molecule has 0 spiro atoms. The third kappa shape index (κ3) is 2.98. The summed E-state index contributed by atoms with van der Waals surface area (Å²) in [5.41, 5.74) is 2.68. The van der Waals surface area contributed by atoms with Crippen LogP contribution < -0.4 is 10.2 Å². The summed E-state index contributed by atoms with van der Waals surface area (Å²) in [7, 11) is 0. The van der Waals surface area contributed by atoms with Gasteiger partial charge < -0.3 is 15.0 Å². The zero-order chi connectivity index (χ0) is 16.6. The highest BCUT2D eigenvalue weighted by Gasteiger charge is 2.33. The molecular formula is C18H24N2O3. The minimum atomic E-state index is -0.0688. The Hall–Kier alpha value is -1.88. The van der Waals surface area contributed by atoms with Gasteiger partial charge in [0.05, 0.1) is 19.3 Å². The quantitative estimate of drug-likeness (QED) is 0.929. The van der Waals surface area contributed by atoms with Crippen LogP contribution in [0.25, 0.3) is 0 Å². The fraction of sp³-hybridized carbons (Fsp3) is 0.556. The highest BCUT2D eigenvalue weighted by Crippen LogP contribution is 2.35. The number of benzene rings is 1. The largest absolute Gasteiger partial charge is 0.377 e. The molecule has 2 aliphatic rings. The molecule has 0 aromatic heterocycles. The molecule has 0 aliphatic carbocycles. The number of nitrogens with zero attached hydrogens (tertiary/aromatic N) is 1. The summed E-state index contributed by atoms with van der Waals surface area (Å²) in [5, 5.41) is 2.96. The molecular weight excluding hydrogens is 292 g/mol. The highest BCUT2D eigenvalue weighted by molar-refractivity contribution is 5.97. The van der Waals surface area contributed by atoms with Crippen molar-refractivity contribution < 1.29 is 14.3 Å². The molecule has 2 heterocycles. The summed E-state index contributed by atoms with van der Waals surface area (Å²) in [5.74, 6) is 0.379. The van der Waals surface area contributed by atoms with E-state index in [1.165, 1.54) is 0 Å². The summed E-state index contributed by atoms with van der Waals surface area (Å²) in [6.07, 6.45) is 1.83. The van der Waals surface area contributed by atoms with E-state index in [0.29, 0.717) is 24.7 Å². The Morgan fingerprint density at radius 3 is 2.65 bits per heavy atom. The minimum absolute atomic E-state index is 0.0634. The molecule has 3 rings (SSSR count). The lowest BCUT2D eigenvalue weighted by molar-refractivity contribution is -0.117. The molecule has 0 bridgehead atoms. The number of hydrogen-bond acceptors (Lipinski definition) is 3. The van der Waals surface area contributed by atoms with Gasteiger partial charge in [-0.1, -0.05) is 13.8 Å². The molecule has 0 unspecified atom stereocenters. The summed E-state index contributed by atoms with van der Waals surface area (Å²) in [4.78, 5) is 26.3. The third-order valence-electron chi connectivity index (χ3n) is 4.86. The number of hydrogen-bond donors (Lipinski definition) is 1. The second kappa shape index (κ2) is 6.32. The molecule has 0 radical (unpaired) electrons. The molecule has 2 aliphatic heterocycles. The fourth-order valence-electron chi connectivity index (χ4n) is 3.62. The molecule has 1 aromatic rings. The standard InChI is InChI=1S/C18H24N2O3/c1-4-16-11(2)7-14-8-13(18(22)19-15-9-23-10-15)5-6-17(14)20(16)12(3)21/h5-6,8,11,15-16H,4,7,9-10H2,1-3H3,(H,19,22)/t11-,16+/m1/s1. The van der Waals surface area contributed by atoms with Gasteiger partial charge in [-0.05, 0) is 42.5 Å².